The van der Waals surface area contributed by atoms with Crippen LogP contribution in [0.15, 0.2) is 33.5 Å². The number of hydrogen-bond donors (Lipinski definition) is 1. The molecule has 0 bridgehead atoms. The van der Waals surface area contributed by atoms with Crippen LogP contribution in [0.5, 0.6) is 0 Å². The van der Waals surface area contributed by atoms with Crippen LogP contribution < -0.4 is 11.2 Å². The number of anilines is 1. The van der Waals surface area contributed by atoms with E-state index >= 15 is 0 Å². The van der Waals surface area contributed by atoms with E-state index in [4.69, 9.17) is 10.2 Å². The summed E-state index contributed by atoms with van der Waals surface area (Å²) in [4.78, 5) is 16.7. The quantitative estimate of drug-likeness (QED) is 0.537. The van der Waals surface area contributed by atoms with E-state index in [-0.39, 0.29) is 43.9 Å². The number of nitrogen functional groups attached to an aromatic ring is 1. The van der Waals surface area contributed by atoms with Crippen LogP contribution in [0.1, 0.15) is 25.0 Å². The molecule has 3 aromatic rings. The SMILES string of the molecule is Cc1cc2c(=O)c3cc([C-](C)C)ccc3oc2nc1N.[Y]. The van der Waals surface area contributed by atoms with E-state index < -0.39 is 0 Å². The first-order valence-corrected chi connectivity index (χ1v) is 6.41. The smallest absolute Gasteiger partial charge is 0.232 e. The average Bonchev–Trinajstić information content (AvgIpc) is 2.41. The molecule has 0 aliphatic carbocycles. The number of hydrogen-bond acceptors (Lipinski definition) is 4. The summed E-state index contributed by atoms with van der Waals surface area (Å²) < 4.78 is 5.70. The molecule has 2 N–H and O–H groups in total. The Hall–Kier alpha value is -1.39. The molecule has 0 unspecified atom stereocenters. The molecule has 1 aromatic carbocycles. The number of nitrogens with two attached hydrogens (primary N) is 1. The Labute approximate surface area is 147 Å². The van der Waals surface area contributed by atoms with Crippen LogP contribution in [-0.2, 0) is 32.7 Å². The molecule has 21 heavy (non-hydrogen) atoms. The Kier molecular flexibility index (Phi) is 4.40. The zero-order valence-corrected chi connectivity index (χ0v) is 15.1. The summed E-state index contributed by atoms with van der Waals surface area (Å²) in [7, 11) is 0. The number of aryl methyl sites for hydroxylation is 1. The second kappa shape index (κ2) is 5.78. The maximum atomic E-state index is 12.6. The molecule has 2 aromatic heterocycles. The maximum Gasteiger partial charge on any atom is 0.232 e. The molecule has 0 saturated heterocycles. The van der Waals surface area contributed by atoms with Crippen LogP contribution >= 0.6 is 0 Å². The van der Waals surface area contributed by atoms with Crippen LogP contribution in [0.3, 0.4) is 0 Å². The van der Waals surface area contributed by atoms with Crippen molar-refractivity contribution >= 4 is 27.9 Å². The van der Waals surface area contributed by atoms with Gasteiger partial charge >= 0.3 is 0 Å². The van der Waals surface area contributed by atoms with Gasteiger partial charge in [0.05, 0.1) is 5.39 Å². The van der Waals surface area contributed by atoms with Gasteiger partial charge in [-0.05, 0) is 18.6 Å². The molecule has 105 valence electrons. The third kappa shape index (κ3) is 2.70. The van der Waals surface area contributed by atoms with Crippen molar-refractivity contribution in [2.45, 2.75) is 20.8 Å². The molecule has 0 spiro atoms. The predicted octanol–water partition coefficient (Wildman–Crippen LogP) is 3.19. The Bertz CT molecular complexity index is 885. The van der Waals surface area contributed by atoms with E-state index in [0.29, 0.717) is 22.2 Å². The number of aromatic nitrogens is 1. The predicted molar refractivity (Wildman–Crippen MR) is 80.6 cm³/mol. The Morgan fingerprint density at radius 2 is 1.90 bits per heavy atom. The zero-order valence-electron chi connectivity index (χ0n) is 12.2. The van der Waals surface area contributed by atoms with Gasteiger partial charge in [-0.25, -0.2) is 0 Å². The van der Waals surface area contributed by atoms with Gasteiger partial charge in [-0.15, -0.1) is 6.07 Å². The number of benzene rings is 1. The van der Waals surface area contributed by atoms with Crippen molar-refractivity contribution in [1.82, 2.24) is 4.98 Å². The van der Waals surface area contributed by atoms with Crippen molar-refractivity contribution in [3.8, 4) is 0 Å². The van der Waals surface area contributed by atoms with Crippen LogP contribution in [0.2, 0.25) is 0 Å². The van der Waals surface area contributed by atoms with Gasteiger partial charge in [0.2, 0.25) is 5.71 Å². The van der Waals surface area contributed by atoms with Crippen molar-refractivity contribution in [2.75, 3.05) is 5.73 Å². The van der Waals surface area contributed by atoms with Crippen LogP contribution in [0.25, 0.3) is 22.1 Å². The Balaban J connectivity index is 0.00000161. The molecule has 0 atom stereocenters. The summed E-state index contributed by atoms with van der Waals surface area (Å²) >= 11 is 0. The van der Waals surface area contributed by atoms with E-state index in [2.05, 4.69) is 4.98 Å². The van der Waals surface area contributed by atoms with Gasteiger partial charge in [0, 0.05) is 38.1 Å². The van der Waals surface area contributed by atoms with E-state index in [1.54, 1.807) is 12.1 Å². The van der Waals surface area contributed by atoms with Gasteiger partial charge in [-0.3, -0.25) is 4.79 Å². The van der Waals surface area contributed by atoms with Gasteiger partial charge in [0.15, 0.2) is 5.43 Å². The standard InChI is InChI=1S/C16H15N2O2.Y/c1-8(2)10-4-5-13-11(7-10)14(19)12-6-9(3)15(17)18-16(12)20-13;/h4-7H,1-3H3,(H2,17,18);/q-1;. The molecular formula is C16H15N2O2Y-. The molecule has 1 radical (unpaired) electrons. The number of pyridine rings is 1. The minimum absolute atomic E-state index is 0. The van der Waals surface area contributed by atoms with Crippen LogP contribution in [0, 0.1) is 12.8 Å². The molecule has 5 heteroatoms. The summed E-state index contributed by atoms with van der Waals surface area (Å²) in [6, 6.07) is 7.33. The third-order valence-electron chi connectivity index (χ3n) is 3.47. The molecular weight excluding hydrogens is 341 g/mol. The normalized spacial score (nSPS) is 10.6. The summed E-state index contributed by atoms with van der Waals surface area (Å²) in [5, 5.41) is 1.04. The largest absolute Gasteiger partial charge is 0.440 e. The summed E-state index contributed by atoms with van der Waals surface area (Å²) in [6.07, 6.45) is 0. The zero-order chi connectivity index (χ0) is 14.4. The molecule has 0 saturated carbocycles. The third-order valence-corrected chi connectivity index (χ3v) is 3.47. The fourth-order valence-corrected chi connectivity index (χ4v) is 2.21. The topological polar surface area (TPSA) is 69.1 Å². The monoisotopic (exact) mass is 356 g/mol. The second-order valence-electron chi connectivity index (χ2n) is 5.19. The minimum atomic E-state index is -0.0695. The fraction of sp³-hybridized carbons (Fsp3) is 0.188. The maximum absolute atomic E-state index is 12.6. The van der Waals surface area contributed by atoms with Gasteiger partial charge < -0.3 is 10.2 Å². The second-order valence-corrected chi connectivity index (χ2v) is 5.19. The molecule has 0 aliphatic heterocycles. The van der Waals surface area contributed by atoms with Gasteiger partial charge in [-0.2, -0.15) is 22.5 Å². The Morgan fingerprint density at radius 1 is 1.19 bits per heavy atom. The van der Waals surface area contributed by atoms with E-state index in [1.165, 1.54) is 0 Å². The minimum Gasteiger partial charge on any atom is -0.440 e. The molecule has 0 aliphatic rings. The molecule has 3 rings (SSSR count). The van der Waals surface area contributed by atoms with E-state index in [0.717, 1.165) is 17.0 Å². The Morgan fingerprint density at radius 3 is 2.57 bits per heavy atom. The molecule has 0 fully saturated rings. The van der Waals surface area contributed by atoms with Crippen LogP contribution in [0.4, 0.5) is 5.82 Å². The van der Waals surface area contributed by atoms with E-state index in [1.807, 2.05) is 32.9 Å². The first kappa shape index (κ1) is 16.0. The van der Waals surface area contributed by atoms with Gasteiger partial charge in [0.1, 0.15) is 11.4 Å². The average molecular weight is 356 g/mol. The summed E-state index contributed by atoms with van der Waals surface area (Å²) in [5.74, 6) is 1.53. The fourth-order valence-electron chi connectivity index (χ4n) is 2.21. The van der Waals surface area contributed by atoms with E-state index in [9.17, 15) is 4.79 Å². The van der Waals surface area contributed by atoms with Gasteiger partial charge in [-0.1, -0.05) is 19.9 Å². The van der Waals surface area contributed by atoms with Crippen molar-refractivity contribution in [3.63, 3.8) is 0 Å². The van der Waals surface area contributed by atoms with Crippen molar-refractivity contribution in [1.29, 1.82) is 0 Å². The van der Waals surface area contributed by atoms with Crippen LogP contribution in [-0.4, -0.2) is 4.98 Å². The number of nitrogens with zero attached hydrogens (tertiary/aromatic N) is 1. The van der Waals surface area contributed by atoms with Crippen molar-refractivity contribution in [2.24, 2.45) is 0 Å². The summed E-state index contributed by atoms with van der Waals surface area (Å²) in [6.45, 7) is 5.85. The molecule has 4 nitrogen and oxygen atoms in total. The summed E-state index contributed by atoms with van der Waals surface area (Å²) in [5.41, 5.74) is 8.32. The van der Waals surface area contributed by atoms with Crippen molar-refractivity contribution in [3.05, 3.63) is 51.5 Å². The number of rotatable bonds is 1. The first-order valence-electron chi connectivity index (χ1n) is 6.41. The number of fused-ring (bicyclic) bond motifs is 2. The van der Waals surface area contributed by atoms with Crippen molar-refractivity contribution < 1.29 is 37.1 Å². The molecule has 0 amide bonds. The molecule has 2 heterocycles. The first-order chi connectivity index (χ1) is 9.47. The van der Waals surface area contributed by atoms with Gasteiger partial charge in [0.25, 0.3) is 0 Å².